The fourth-order valence-electron chi connectivity index (χ4n) is 4.35. The fourth-order valence-corrected chi connectivity index (χ4v) is 7.41. The Bertz CT molecular complexity index is 1510. The normalized spacial score (nSPS) is 12.8. The lowest BCUT2D eigenvalue weighted by atomic mass is 9.95. The quantitative estimate of drug-likeness (QED) is 0.296. The molecule has 4 aromatic rings. The number of nitrogens with one attached hydrogen (secondary N) is 1. The third kappa shape index (κ3) is 3.93. The molecule has 0 aromatic carbocycles. The topological polar surface area (TPSA) is 144 Å². The molecule has 4 aromatic heterocycles. The minimum atomic E-state index is -0.441. The summed E-state index contributed by atoms with van der Waals surface area (Å²) in [6.07, 6.45) is 3.70. The predicted octanol–water partition coefficient (Wildman–Crippen LogP) is 5.43. The number of nitriles is 1. The van der Waals surface area contributed by atoms with Crippen LogP contribution in [0.5, 0.6) is 0 Å². The van der Waals surface area contributed by atoms with E-state index in [1.165, 1.54) is 22.7 Å². The summed E-state index contributed by atoms with van der Waals surface area (Å²) in [5.41, 5.74) is 15.0. The first-order valence-corrected chi connectivity index (χ1v) is 13.5. The van der Waals surface area contributed by atoms with Crippen LogP contribution in [0.3, 0.4) is 0 Å². The van der Waals surface area contributed by atoms with Gasteiger partial charge in [-0.25, -0.2) is 9.78 Å². The highest BCUT2D eigenvalue weighted by Crippen LogP contribution is 2.45. The summed E-state index contributed by atoms with van der Waals surface area (Å²) in [4.78, 5) is 33.2. The molecule has 0 aliphatic heterocycles. The maximum absolute atomic E-state index is 13.4. The van der Waals surface area contributed by atoms with Crippen LogP contribution < -0.4 is 16.8 Å². The molecular weight excluding hydrogens is 502 g/mol. The van der Waals surface area contributed by atoms with Crippen molar-refractivity contribution in [1.82, 2.24) is 4.98 Å². The van der Waals surface area contributed by atoms with Crippen LogP contribution in [-0.4, -0.2) is 23.5 Å². The zero-order chi connectivity index (χ0) is 24.7. The van der Waals surface area contributed by atoms with Crippen LogP contribution in [0, 0.1) is 11.3 Å². The van der Waals surface area contributed by atoms with E-state index in [0.29, 0.717) is 26.3 Å². The second kappa shape index (κ2) is 9.30. The average Bonchev–Trinajstić information content (AvgIpc) is 3.56. The number of nitrogens with two attached hydrogens (primary N) is 2. The Kier molecular flexibility index (Phi) is 6.19. The van der Waals surface area contributed by atoms with E-state index >= 15 is 0 Å². The van der Waals surface area contributed by atoms with Crippen LogP contribution in [0.1, 0.15) is 55.8 Å². The Morgan fingerprint density at radius 1 is 1.26 bits per heavy atom. The molecule has 35 heavy (non-hydrogen) atoms. The van der Waals surface area contributed by atoms with E-state index in [4.69, 9.17) is 16.2 Å². The Balaban J connectivity index is 1.60. The van der Waals surface area contributed by atoms with E-state index in [9.17, 15) is 14.9 Å². The van der Waals surface area contributed by atoms with Gasteiger partial charge in [0.2, 0.25) is 0 Å². The molecule has 0 fully saturated rings. The van der Waals surface area contributed by atoms with Crippen LogP contribution in [0.15, 0.2) is 17.5 Å². The number of aryl methyl sites for hydroxylation is 1. The number of rotatable bonds is 5. The van der Waals surface area contributed by atoms with Crippen molar-refractivity contribution in [2.24, 2.45) is 0 Å². The molecule has 0 radical (unpaired) electrons. The number of nitrogens with zero attached hydrogens (tertiary/aromatic N) is 2. The van der Waals surface area contributed by atoms with Gasteiger partial charge in [0.1, 0.15) is 32.2 Å². The first-order valence-electron chi connectivity index (χ1n) is 11.0. The summed E-state index contributed by atoms with van der Waals surface area (Å²) >= 11 is 3.97. The van der Waals surface area contributed by atoms with Gasteiger partial charge in [-0.1, -0.05) is 6.07 Å². The van der Waals surface area contributed by atoms with E-state index in [-0.39, 0.29) is 28.6 Å². The van der Waals surface area contributed by atoms with Gasteiger partial charge in [0.15, 0.2) is 0 Å². The molecule has 8 nitrogen and oxygen atoms in total. The van der Waals surface area contributed by atoms with E-state index in [2.05, 4.69) is 16.4 Å². The first kappa shape index (κ1) is 23.3. The summed E-state index contributed by atoms with van der Waals surface area (Å²) in [5, 5.41) is 15.5. The van der Waals surface area contributed by atoms with E-state index in [1.807, 2.05) is 17.5 Å². The molecule has 1 aliphatic rings. The van der Waals surface area contributed by atoms with Crippen molar-refractivity contribution in [1.29, 1.82) is 5.26 Å². The lowest BCUT2D eigenvalue weighted by molar-refractivity contribution is 0.0526. The summed E-state index contributed by atoms with van der Waals surface area (Å²) in [7, 11) is 0. The van der Waals surface area contributed by atoms with Crippen molar-refractivity contribution in [3.63, 3.8) is 0 Å². The number of nitrogen functional groups attached to an aromatic ring is 2. The third-order valence-electron chi connectivity index (χ3n) is 5.87. The number of hydrogen-bond donors (Lipinski definition) is 3. The molecule has 11 heteroatoms. The van der Waals surface area contributed by atoms with Gasteiger partial charge in [-0.15, -0.1) is 34.0 Å². The van der Waals surface area contributed by atoms with Crippen LogP contribution in [0.2, 0.25) is 0 Å². The summed E-state index contributed by atoms with van der Waals surface area (Å²) in [6, 6.07) is 5.87. The Morgan fingerprint density at radius 2 is 2.06 bits per heavy atom. The highest BCUT2D eigenvalue weighted by Gasteiger charge is 2.29. The number of esters is 1. The molecule has 0 atom stereocenters. The molecule has 0 saturated heterocycles. The molecular formula is C24H21N5O3S3. The largest absolute Gasteiger partial charge is 0.462 e. The minimum absolute atomic E-state index is 0.0899. The SMILES string of the molecule is CCOC(=O)c1c(NC(=O)c2sc3nc(N)c(C#N)c(-c4cccs4)c3c2N)sc2c1CCCC2. The van der Waals surface area contributed by atoms with Gasteiger partial charge in [-0.3, -0.25) is 4.79 Å². The lowest BCUT2D eigenvalue weighted by Crippen LogP contribution is -2.15. The number of anilines is 3. The van der Waals surface area contributed by atoms with Crippen molar-refractivity contribution < 1.29 is 14.3 Å². The molecule has 178 valence electrons. The number of carbonyl (C=O) groups excluding carboxylic acids is 2. The molecule has 1 aliphatic carbocycles. The van der Waals surface area contributed by atoms with Crippen LogP contribution in [0.4, 0.5) is 16.5 Å². The lowest BCUT2D eigenvalue weighted by Gasteiger charge is -2.12. The number of pyridine rings is 1. The molecule has 5 N–H and O–H groups in total. The molecule has 0 bridgehead atoms. The molecule has 1 amide bonds. The molecule has 5 rings (SSSR count). The third-order valence-corrected chi connectivity index (χ3v) is 9.06. The maximum atomic E-state index is 13.4. The van der Waals surface area contributed by atoms with Crippen molar-refractivity contribution in [2.45, 2.75) is 32.6 Å². The summed E-state index contributed by atoms with van der Waals surface area (Å²) in [6.45, 7) is 2.01. The first-order chi connectivity index (χ1) is 16.9. The van der Waals surface area contributed by atoms with E-state index < -0.39 is 11.9 Å². The number of ether oxygens (including phenoxy) is 1. The standard InChI is InChI=1S/C24H21N5O3S3/c1-2-32-24(31)16-11-6-3-4-7-13(11)34-22(16)29-21(30)19-18(26)17-15(14-8-5-9-33-14)12(10-25)20(27)28-23(17)35-19/h5,8-9H,2-4,6-7,26H2,1H3,(H2,27,28)(H,29,30). The van der Waals surface area contributed by atoms with Gasteiger partial charge in [-0.05, 0) is 49.6 Å². The van der Waals surface area contributed by atoms with Gasteiger partial charge in [0.25, 0.3) is 5.91 Å². The Hall–Kier alpha value is -3.46. The Labute approximate surface area is 213 Å². The van der Waals surface area contributed by atoms with Crippen molar-refractivity contribution in [3.05, 3.63) is 44.0 Å². The summed E-state index contributed by atoms with van der Waals surface area (Å²) in [5.74, 6) is -0.782. The number of hydrogen-bond acceptors (Lipinski definition) is 10. The van der Waals surface area contributed by atoms with Crippen molar-refractivity contribution in [2.75, 3.05) is 23.4 Å². The minimum Gasteiger partial charge on any atom is -0.462 e. The zero-order valence-electron chi connectivity index (χ0n) is 18.8. The second-order valence-electron chi connectivity index (χ2n) is 7.95. The van der Waals surface area contributed by atoms with Gasteiger partial charge in [0, 0.05) is 20.7 Å². The van der Waals surface area contributed by atoms with E-state index in [1.54, 1.807) is 6.92 Å². The summed E-state index contributed by atoms with van der Waals surface area (Å²) < 4.78 is 5.29. The number of amides is 1. The number of thiophene rings is 3. The molecule has 0 unspecified atom stereocenters. The Morgan fingerprint density at radius 3 is 2.77 bits per heavy atom. The van der Waals surface area contributed by atoms with Crippen LogP contribution in [0.25, 0.3) is 20.7 Å². The molecule has 0 spiro atoms. The van der Waals surface area contributed by atoms with Crippen molar-refractivity contribution in [3.8, 4) is 16.5 Å². The highest BCUT2D eigenvalue weighted by molar-refractivity contribution is 7.22. The monoisotopic (exact) mass is 523 g/mol. The van der Waals surface area contributed by atoms with Gasteiger partial charge in [0.05, 0.1) is 17.9 Å². The average molecular weight is 524 g/mol. The van der Waals surface area contributed by atoms with Crippen LogP contribution in [-0.2, 0) is 17.6 Å². The second-order valence-corrected chi connectivity index (χ2v) is 11.0. The van der Waals surface area contributed by atoms with Crippen molar-refractivity contribution >= 4 is 72.6 Å². The molecule has 4 heterocycles. The van der Waals surface area contributed by atoms with Gasteiger partial charge in [-0.2, -0.15) is 5.26 Å². The number of aromatic nitrogens is 1. The smallest absolute Gasteiger partial charge is 0.341 e. The fraction of sp³-hybridized carbons (Fsp3) is 0.250. The number of fused-ring (bicyclic) bond motifs is 2. The predicted molar refractivity (Wildman–Crippen MR) is 141 cm³/mol. The van der Waals surface area contributed by atoms with Crippen LogP contribution >= 0.6 is 34.0 Å². The van der Waals surface area contributed by atoms with Gasteiger partial charge < -0.3 is 21.5 Å². The molecule has 0 saturated carbocycles. The van der Waals surface area contributed by atoms with E-state index in [0.717, 1.165) is 52.3 Å². The number of carbonyl (C=O) groups is 2. The highest BCUT2D eigenvalue weighted by atomic mass is 32.1. The maximum Gasteiger partial charge on any atom is 0.341 e. The zero-order valence-corrected chi connectivity index (χ0v) is 21.2. The van der Waals surface area contributed by atoms with Gasteiger partial charge >= 0.3 is 5.97 Å².